The number of hydrogen-bond donors (Lipinski definition) is 2. The van der Waals surface area contributed by atoms with Crippen molar-refractivity contribution in [3.63, 3.8) is 0 Å². The summed E-state index contributed by atoms with van der Waals surface area (Å²) in [5.74, 6) is -0.533. The number of para-hydroxylation sites is 1. The molecular formula is C11H15NO5. The van der Waals surface area contributed by atoms with E-state index in [1.54, 1.807) is 12.1 Å². The Morgan fingerprint density at radius 3 is 2.76 bits per heavy atom. The molecule has 1 aromatic carbocycles. The average Bonchev–Trinajstić information content (AvgIpc) is 2.34. The van der Waals surface area contributed by atoms with Gasteiger partial charge in [0.05, 0.1) is 25.9 Å². The number of ether oxygens (including phenoxy) is 2. The van der Waals surface area contributed by atoms with Crippen LogP contribution in [0, 0.1) is 0 Å². The van der Waals surface area contributed by atoms with Gasteiger partial charge in [0.1, 0.15) is 0 Å². The van der Waals surface area contributed by atoms with E-state index in [0.29, 0.717) is 6.61 Å². The molecule has 17 heavy (non-hydrogen) atoms. The third kappa shape index (κ3) is 3.61. The zero-order chi connectivity index (χ0) is 12.7. The Kier molecular flexibility index (Phi) is 5.25. The Morgan fingerprint density at radius 2 is 2.12 bits per heavy atom. The minimum atomic E-state index is -0.544. The van der Waals surface area contributed by atoms with Crippen molar-refractivity contribution >= 4 is 5.91 Å². The third-order valence-electron chi connectivity index (χ3n) is 2.02. The van der Waals surface area contributed by atoms with Crippen LogP contribution in [0.5, 0.6) is 11.5 Å². The van der Waals surface area contributed by atoms with E-state index in [2.05, 4.69) is 5.48 Å². The van der Waals surface area contributed by atoms with E-state index in [-0.39, 0.29) is 23.7 Å². The number of nitrogens with one attached hydrogen (secondary N) is 1. The summed E-state index contributed by atoms with van der Waals surface area (Å²) in [6.45, 7) is 0.595. The minimum Gasteiger partial charge on any atom is -0.504 e. The van der Waals surface area contributed by atoms with Gasteiger partial charge in [0.25, 0.3) is 5.91 Å². The molecule has 1 amide bonds. The number of carbonyl (C=O) groups excluding carboxylic acids is 1. The van der Waals surface area contributed by atoms with Crippen molar-refractivity contribution < 1.29 is 24.2 Å². The fraction of sp³-hybridized carbons (Fsp3) is 0.364. The summed E-state index contributed by atoms with van der Waals surface area (Å²) >= 11 is 0. The van der Waals surface area contributed by atoms with Gasteiger partial charge in [-0.3, -0.25) is 9.63 Å². The van der Waals surface area contributed by atoms with Gasteiger partial charge in [-0.05, 0) is 12.1 Å². The van der Waals surface area contributed by atoms with E-state index in [1.165, 1.54) is 20.3 Å². The molecular weight excluding hydrogens is 226 g/mol. The Labute approximate surface area is 99.1 Å². The lowest BCUT2D eigenvalue weighted by Crippen LogP contribution is -2.25. The molecule has 6 heteroatoms. The molecule has 0 unspecified atom stereocenters. The van der Waals surface area contributed by atoms with Crippen LogP contribution in [0.1, 0.15) is 10.4 Å². The highest BCUT2D eigenvalue weighted by atomic mass is 16.7. The lowest BCUT2D eigenvalue weighted by molar-refractivity contribution is 0.00872. The number of phenolic OH excluding ortho intramolecular Hbond substituents is 1. The van der Waals surface area contributed by atoms with E-state index < -0.39 is 5.91 Å². The summed E-state index contributed by atoms with van der Waals surface area (Å²) in [5, 5.41) is 9.70. The Balaban J connectivity index is 2.62. The molecule has 0 atom stereocenters. The summed E-state index contributed by atoms with van der Waals surface area (Å²) in [6.07, 6.45) is 0. The molecule has 0 aliphatic rings. The lowest BCUT2D eigenvalue weighted by atomic mass is 10.2. The van der Waals surface area contributed by atoms with Crippen LogP contribution >= 0.6 is 0 Å². The smallest absolute Gasteiger partial charge is 0.278 e. The van der Waals surface area contributed by atoms with Gasteiger partial charge in [-0.1, -0.05) is 6.07 Å². The third-order valence-corrected chi connectivity index (χ3v) is 2.02. The predicted octanol–water partition coefficient (Wildman–Crippen LogP) is 0.709. The van der Waals surface area contributed by atoms with Gasteiger partial charge in [-0.25, -0.2) is 5.48 Å². The van der Waals surface area contributed by atoms with Crippen LogP contribution < -0.4 is 10.2 Å². The maximum atomic E-state index is 11.6. The van der Waals surface area contributed by atoms with Gasteiger partial charge in [0.15, 0.2) is 11.5 Å². The van der Waals surface area contributed by atoms with Crippen LogP contribution in [0.3, 0.4) is 0 Å². The largest absolute Gasteiger partial charge is 0.504 e. The molecule has 0 bridgehead atoms. The first-order valence-corrected chi connectivity index (χ1v) is 4.97. The summed E-state index contributed by atoms with van der Waals surface area (Å²) in [4.78, 5) is 16.4. The fourth-order valence-corrected chi connectivity index (χ4v) is 1.17. The maximum Gasteiger partial charge on any atom is 0.278 e. The van der Waals surface area contributed by atoms with Gasteiger partial charge in [0, 0.05) is 7.11 Å². The van der Waals surface area contributed by atoms with Crippen molar-refractivity contribution in [2.24, 2.45) is 0 Å². The SMILES string of the molecule is COCCONC(=O)c1cccc(OC)c1O. The first kappa shape index (κ1) is 13.3. The van der Waals surface area contributed by atoms with E-state index >= 15 is 0 Å². The van der Waals surface area contributed by atoms with Crippen molar-refractivity contribution in [1.82, 2.24) is 5.48 Å². The van der Waals surface area contributed by atoms with Gasteiger partial charge in [0.2, 0.25) is 0 Å². The van der Waals surface area contributed by atoms with E-state index in [0.717, 1.165) is 0 Å². The van der Waals surface area contributed by atoms with Crippen LogP contribution in [-0.4, -0.2) is 38.4 Å². The number of carbonyl (C=O) groups is 1. The zero-order valence-electron chi connectivity index (χ0n) is 9.73. The minimum absolute atomic E-state index is 0.0850. The first-order chi connectivity index (χ1) is 8.20. The monoisotopic (exact) mass is 241 g/mol. The number of hydroxylamine groups is 1. The van der Waals surface area contributed by atoms with Gasteiger partial charge < -0.3 is 14.6 Å². The second kappa shape index (κ2) is 6.72. The summed E-state index contributed by atoms with van der Waals surface area (Å²) in [7, 11) is 2.94. The van der Waals surface area contributed by atoms with E-state index in [4.69, 9.17) is 14.3 Å². The Bertz CT molecular complexity index is 380. The molecule has 0 radical (unpaired) electrons. The number of amides is 1. The van der Waals surface area contributed by atoms with Crippen molar-refractivity contribution in [1.29, 1.82) is 0 Å². The standard InChI is InChI=1S/C11H15NO5/c1-15-6-7-17-12-11(14)8-4-3-5-9(16-2)10(8)13/h3-5,13H,6-7H2,1-2H3,(H,12,14). The average molecular weight is 241 g/mol. The second-order valence-corrected chi connectivity index (χ2v) is 3.13. The quantitative estimate of drug-likeness (QED) is 0.566. The normalized spacial score (nSPS) is 10.0. The zero-order valence-corrected chi connectivity index (χ0v) is 9.73. The maximum absolute atomic E-state index is 11.6. The molecule has 0 aliphatic carbocycles. The molecule has 2 N–H and O–H groups in total. The summed E-state index contributed by atoms with van der Waals surface area (Å²) in [5.41, 5.74) is 2.28. The predicted molar refractivity (Wildman–Crippen MR) is 60.0 cm³/mol. The van der Waals surface area contributed by atoms with Crippen molar-refractivity contribution in [2.45, 2.75) is 0 Å². The van der Waals surface area contributed by atoms with Crippen LogP contribution in [0.4, 0.5) is 0 Å². The highest BCUT2D eigenvalue weighted by Gasteiger charge is 2.14. The van der Waals surface area contributed by atoms with Crippen LogP contribution in [0.25, 0.3) is 0 Å². The number of aromatic hydroxyl groups is 1. The Hall–Kier alpha value is -1.79. The van der Waals surface area contributed by atoms with Gasteiger partial charge in [-0.15, -0.1) is 0 Å². The van der Waals surface area contributed by atoms with Crippen LogP contribution in [0.2, 0.25) is 0 Å². The molecule has 1 rings (SSSR count). The van der Waals surface area contributed by atoms with Crippen LogP contribution in [0.15, 0.2) is 18.2 Å². The topological polar surface area (TPSA) is 77.0 Å². The number of hydrogen-bond acceptors (Lipinski definition) is 5. The molecule has 94 valence electrons. The molecule has 0 aromatic heterocycles. The molecule has 0 saturated heterocycles. The van der Waals surface area contributed by atoms with Crippen molar-refractivity contribution in [3.8, 4) is 11.5 Å². The summed E-state index contributed by atoms with van der Waals surface area (Å²) < 4.78 is 9.63. The number of methoxy groups -OCH3 is 2. The van der Waals surface area contributed by atoms with E-state index in [9.17, 15) is 9.90 Å². The lowest BCUT2D eigenvalue weighted by Gasteiger charge is -2.09. The molecule has 0 spiro atoms. The molecule has 6 nitrogen and oxygen atoms in total. The van der Waals surface area contributed by atoms with Crippen molar-refractivity contribution in [2.75, 3.05) is 27.4 Å². The second-order valence-electron chi connectivity index (χ2n) is 3.13. The van der Waals surface area contributed by atoms with Gasteiger partial charge in [-0.2, -0.15) is 0 Å². The molecule has 1 aromatic rings. The number of phenols is 1. The van der Waals surface area contributed by atoms with Crippen LogP contribution in [-0.2, 0) is 9.57 Å². The highest BCUT2D eigenvalue weighted by Crippen LogP contribution is 2.28. The van der Waals surface area contributed by atoms with Gasteiger partial charge >= 0.3 is 0 Å². The number of rotatable bonds is 6. The number of benzene rings is 1. The molecule has 0 heterocycles. The summed E-state index contributed by atoms with van der Waals surface area (Å²) in [6, 6.07) is 4.62. The molecule has 0 aliphatic heterocycles. The Morgan fingerprint density at radius 1 is 1.35 bits per heavy atom. The molecule has 0 saturated carbocycles. The van der Waals surface area contributed by atoms with E-state index in [1.807, 2.05) is 0 Å². The fourth-order valence-electron chi connectivity index (χ4n) is 1.17. The highest BCUT2D eigenvalue weighted by molar-refractivity contribution is 5.96. The first-order valence-electron chi connectivity index (χ1n) is 4.97. The van der Waals surface area contributed by atoms with Crippen molar-refractivity contribution in [3.05, 3.63) is 23.8 Å². The molecule has 0 fully saturated rings.